The minimum absolute atomic E-state index is 0.0251. The first-order chi connectivity index (χ1) is 20.2. The Bertz CT molecular complexity index is 1700. The van der Waals surface area contributed by atoms with Crippen molar-refractivity contribution in [2.45, 2.75) is 62.2 Å². The van der Waals surface area contributed by atoms with E-state index in [1.165, 1.54) is 4.74 Å². The maximum Gasteiger partial charge on any atom is 0.459 e. The van der Waals surface area contributed by atoms with E-state index in [0.717, 1.165) is 35.1 Å². The number of fused-ring (bicyclic) bond motifs is 7. The lowest BCUT2D eigenvalue weighted by Gasteiger charge is -2.42. The van der Waals surface area contributed by atoms with Crippen LogP contribution in [-0.2, 0) is 29.6 Å². The van der Waals surface area contributed by atoms with E-state index in [9.17, 15) is 24.4 Å². The number of hydrogen-bond donors (Lipinski definition) is 3. The van der Waals surface area contributed by atoms with Crippen LogP contribution in [0.15, 0.2) is 45.7 Å². The Balaban J connectivity index is 1.33. The summed E-state index contributed by atoms with van der Waals surface area (Å²) in [7, 11) is 0. The normalized spacial score (nSPS) is 24.5. The molecule has 3 heterocycles. The van der Waals surface area contributed by atoms with E-state index in [1.54, 1.807) is 29.2 Å². The van der Waals surface area contributed by atoms with Gasteiger partial charge in [-0.15, -0.1) is 0 Å². The molecule has 2 fully saturated rings. The molecule has 2 aliphatic heterocycles. The molecule has 5 N–H and O–H groups in total. The fraction of sp³-hybridized carbons (Fsp3) is 0.400. The Labute approximate surface area is 240 Å². The highest BCUT2D eigenvalue weighted by molar-refractivity contribution is 5.94. The molecule has 214 valence electrons. The number of likely N-dealkylation sites (tertiary alicyclic amines) is 1. The maximum absolute atomic E-state index is 13.3. The third-order valence-corrected chi connectivity index (χ3v) is 9.39. The molecule has 3 aromatic rings. The number of carbonyl (C=O) groups excluding carboxylic acids is 3. The molecule has 1 saturated heterocycles. The van der Waals surface area contributed by atoms with Crippen molar-refractivity contribution in [2.75, 3.05) is 6.54 Å². The van der Waals surface area contributed by atoms with Crippen molar-refractivity contribution in [3.63, 3.8) is 0 Å². The summed E-state index contributed by atoms with van der Waals surface area (Å²) in [5.41, 5.74) is 14.3. The van der Waals surface area contributed by atoms with Crippen molar-refractivity contribution in [3.05, 3.63) is 86.2 Å². The number of amides is 3. The van der Waals surface area contributed by atoms with E-state index in [1.807, 2.05) is 12.1 Å². The van der Waals surface area contributed by atoms with Crippen LogP contribution in [0.3, 0.4) is 0 Å². The highest BCUT2D eigenvalue weighted by atomic mass is 16.5. The number of rotatable bonds is 5. The van der Waals surface area contributed by atoms with Gasteiger partial charge in [-0.1, -0.05) is 12.1 Å². The van der Waals surface area contributed by atoms with Gasteiger partial charge >= 0.3 is 5.76 Å². The van der Waals surface area contributed by atoms with Crippen LogP contribution in [0.1, 0.15) is 68.1 Å². The van der Waals surface area contributed by atoms with Gasteiger partial charge in [0.2, 0.25) is 17.7 Å². The number of nitrogens with zero attached hydrogens (tertiary/aromatic N) is 4. The molecule has 2 aromatic carbocycles. The zero-order valence-corrected chi connectivity index (χ0v) is 22.7. The maximum atomic E-state index is 13.3. The number of nitriles is 1. The Kier molecular flexibility index (Phi) is 5.85. The van der Waals surface area contributed by atoms with E-state index in [-0.39, 0.29) is 31.1 Å². The van der Waals surface area contributed by atoms with Crippen molar-refractivity contribution in [1.29, 1.82) is 5.26 Å². The van der Waals surface area contributed by atoms with Crippen LogP contribution < -0.4 is 22.5 Å². The van der Waals surface area contributed by atoms with E-state index < -0.39 is 29.0 Å². The minimum Gasteiger partial charge on any atom is -0.366 e. The SMILES string of the molecule is N#CC1C[C@@H]2C[C@@H]2N1C(=O)CN[C@@H]1Cn2oc(=O)nc2C2(C1)c1ccc(C(N)=O)cc1CCc1cc(C(N)=O)ccc12. The topological polar surface area (TPSA) is 190 Å². The van der Waals surface area contributed by atoms with E-state index in [4.69, 9.17) is 16.0 Å². The van der Waals surface area contributed by atoms with Crippen LogP contribution in [-0.4, -0.2) is 57.0 Å². The number of hydrogen-bond acceptors (Lipinski definition) is 8. The molecule has 12 heteroatoms. The summed E-state index contributed by atoms with van der Waals surface area (Å²) in [6, 6.07) is 12.2. The molecule has 3 amide bonds. The first-order valence-electron chi connectivity index (χ1n) is 14.1. The van der Waals surface area contributed by atoms with Crippen molar-refractivity contribution >= 4 is 17.7 Å². The second kappa shape index (κ2) is 9.39. The second-order valence-electron chi connectivity index (χ2n) is 11.8. The fourth-order valence-corrected chi connectivity index (χ4v) is 7.46. The highest BCUT2D eigenvalue weighted by Crippen LogP contribution is 2.50. The standard InChI is InChI=1S/C30H29N7O5/c31-12-21-9-19-10-24(19)37(21)25(38)13-34-20-11-30(28-35-29(41)42-36(28)14-20)22-5-3-17(26(32)39)7-15(22)1-2-16-8-18(27(33)40)4-6-23(16)30/h3-8,19-21,24,34H,1-2,9-11,13-14H2,(H2,32,39)(H2,33,40)/t19-,20+,21?,24+/m1/s1. The number of benzene rings is 2. The van der Waals surface area contributed by atoms with Gasteiger partial charge in [0.1, 0.15) is 6.04 Å². The summed E-state index contributed by atoms with van der Waals surface area (Å²) < 4.78 is 7.02. The summed E-state index contributed by atoms with van der Waals surface area (Å²) >= 11 is 0. The molecule has 2 aliphatic carbocycles. The summed E-state index contributed by atoms with van der Waals surface area (Å²) in [5, 5.41) is 12.9. The highest BCUT2D eigenvalue weighted by Gasteiger charge is 2.54. The van der Waals surface area contributed by atoms with Crippen LogP contribution in [0.2, 0.25) is 0 Å². The van der Waals surface area contributed by atoms with Gasteiger partial charge in [-0.2, -0.15) is 15.0 Å². The zero-order valence-electron chi connectivity index (χ0n) is 22.7. The van der Waals surface area contributed by atoms with Gasteiger partial charge in [0.15, 0.2) is 5.82 Å². The molecule has 0 radical (unpaired) electrons. The molecule has 1 aromatic heterocycles. The molecule has 4 aliphatic rings. The first-order valence-corrected chi connectivity index (χ1v) is 14.1. The predicted molar refractivity (Wildman–Crippen MR) is 147 cm³/mol. The largest absolute Gasteiger partial charge is 0.459 e. The average molecular weight is 568 g/mol. The molecule has 4 atom stereocenters. The molecule has 1 spiro atoms. The Morgan fingerprint density at radius 1 is 1.05 bits per heavy atom. The molecule has 42 heavy (non-hydrogen) atoms. The summed E-state index contributed by atoms with van der Waals surface area (Å²) in [5.74, 6) is -1.17. The number of nitrogens with two attached hydrogens (primary N) is 2. The smallest absolute Gasteiger partial charge is 0.366 e. The number of piperidine rings is 1. The second-order valence-corrected chi connectivity index (χ2v) is 11.8. The molecule has 1 unspecified atom stereocenters. The van der Waals surface area contributed by atoms with Gasteiger partial charge < -0.3 is 26.2 Å². The monoisotopic (exact) mass is 567 g/mol. The van der Waals surface area contributed by atoms with Gasteiger partial charge in [0.25, 0.3) is 0 Å². The zero-order chi connectivity index (χ0) is 29.3. The molecular weight excluding hydrogens is 538 g/mol. The lowest BCUT2D eigenvalue weighted by Crippen LogP contribution is -2.51. The van der Waals surface area contributed by atoms with Crippen molar-refractivity contribution in [3.8, 4) is 6.07 Å². The van der Waals surface area contributed by atoms with Gasteiger partial charge in [-0.25, -0.2) is 4.79 Å². The average Bonchev–Trinajstić information content (AvgIpc) is 3.51. The van der Waals surface area contributed by atoms with E-state index >= 15 is 0 Å². The Morgan fingerprint density at radius 2 is 1.69 bits per heavy atom. The molecule has 12 nitrogen and oxygen atoms in total. The van der Waals surface area contributed by atoms with Crippen LogP contribution in [0, 0.1) is 17.2 Å². The van der Waals surface area contributed by atoms with E-state index in [0.29, 0.717) is 42.1 Å². The third-order valence-electron chi connectivity index (χ3n) is 9.39. The lowest BCUT2D eigenvalue weighted by molar-refractivity contribution is -0.131. The number of carbonyl (C=O) groups is 3. The quantitative estimate of drug-likeness (QED) is 0.393. The van der Waals surface area contributed by atoms with Crippen molar-refractivity contribution < 1.29 is 18.9 Å². The molecular formula is C30H29N7O5. The number of aryl methyl sites for hydroxylation is 2. The molecule has 7 rings (SSSR count). The molecule has 1 saturated carbocycles. The summed E-state index contributed by atoms with van der Waals surface area (Å²) in [6.45, 7) is 0.286. The number of aromatic nitrogens is 2. The Morgan fingerprint density at radius 3 is 2.29 bits per heavy atom. The fourth-order valence-electron chi connectivity index (χ4n) is 7.46. The van der Waals surface area contributed by atoms with Crippen molar-refractivity contribution in [2.24, 2.45) is 17.4 Å². The van der Waals surface area contributed by atoms with Crippen LogP contribution >= 0.6 is 0 Å². The minimum atomic E-state index is -1.01. The third kappa shape index (κ3) is 3.95. The van der Waals surface area contributed by atoms with Gasteiger partial charge in [-0.3, -0.25) is 14.4 Å². The number of nitrogens with one attached hydrogen (secondary N) is 1. The van der Waals surface area contributed by atoms with Gasteiger partial charge in [0, 0.05) is 23.2 Å². The lowest BCUT2D eigenvalue weighted by atomic mass is 9.66. The van der Waals surface area contributed by atoms with E-state index in [2.05, 4.69) is 16.4 Å². The first kappa shape index (κ1) is 26.2. The number of primary amides is 2. The summed E-state index contributed by atoms with van der Waals surface area (Å²) in [6.07, 6.45) is 3.15. The van der Waals surface area contributed by atoms with Crippen molar-refractivity contribution in [1.82, 2.24) is 19.9 Å². The van der Waals surface area contributed by atoms with Gasteiger partial charge in [-0.05, 0) is 84.5 Å². The molecule has 0 bridgehead atoms. The van der Waals surface area contributed by atoms with Crippen LogP contribution in [0.4, 0.5) is 0 Å². The van der Waals surface area contributed by atoms with Crippen LogP contribution in [0.25, 0.3) is 0 Å². The predicted octanol–water partition coefficient (Wildman–Crippen LogP) is 0.342. The summed E-state index contributed by atoms with van der Waals surface area (Å²) in [4.78, 5) is 56.1. The van der Waals surface area contributed by atoms with Crippen LogP contribution in [0.5, 0.6) is 0 Å². The van der Waals surface area contributed by atoms with Gasteiger partial charge in [0.05, 0.1) is 24.6 Å². The Hall–Kier alpha value is -4.76.